The highest BCUT2D eigenvalue weighted by Gasteiger charge is 2.47. The Morgan fingerprint density at radius 1 is 1.21 bits per heavy atom. The second kappa shape index (κ2) is 8.32. The van der Waals surface area contributed by atoms with E-state index in [0.29, 0.717) is 6.42 Å². The number of benzene rings is 1. The average molecular weight is 332 g/mol. The van der Waals surface area contributed by atoms with Gasteiger partial charge in [0.15, 0.2) is 0 Å². The predicted octanol–water partition coefficient (Wildman–Crippen LogP) is 4.45. The number of aliphatic carboxylic acids is 1. The van der Waals surface area contributed by atoms with Gasteiger partial charge in [0.25, 0.3) is 0 Å². The minimum absolute atomic E-state index is 0.209. The SMILES string of the molecule is CCCCC(C(=O)O)(c1ccc(COC(C)=O)cc1)C1CCCC1. The molecule has 0 heterocycles. The highest BCUT2D eigenvalue weighted by Crippen LogP contribution is 2.46. The molecular formula is C20H28O4. The summed E-state index contributed by atoms with van der Waals surface area (Å²) in [6.45, 7) is 3.71. The first kappa shape index (κ1) is 18.5. The summed E-state index contributed by atoms with van der Waals surface area (Å²) in [6.07, 6.45) is 6.82. The minimum Gasteiger partial charge on any atom is -0.481 e. The number of carboxylic acid groups (broad SMARTS) is 1. The summed E-state index contributed by atoms with van der Waals surface area (Å²) >= 11 is 0. The van der Waals surface area contributed by atoms with Gasteiger partial charge in [-0.2, -0.15) is 0 Å². The van der Waals surface area contributed by atoms with Crippen molar-refractivity contribution in [1.82, 2.24) is 0 Å². The molecule has 2 rings (SSSR count). The third-order valence-corrected chi connectivity index (χ3v) is 5.27. The number of carboxylic acids is 1. The molecule has 1 unspecified atom stereocenters. The molecule has 0 radical (unpaired) electrons. The summed E-state index contributed by atoms with van der Waals surface area (Å²) in [4.78, 5) is 23.3. The second-order valence-corrected chi connectivity index (χ2v) is 6.84. The molecule has 1 aliphatic carbocycles. The van der Waals surface area contributed by atoms with Crippen molar-refractivity contribution >= 4 is 11.9 Å². The summed E-state index contributed by atoms with van der Waals surface area (Å²) < 4.78 is 5.01. The summed E-state index contributed by atoms with van der Waals surface area (Å²) in [5.41, 5.74) is 0.990. The largest absolute Gasteiger partial charge is 0.481 e. The number of rotatable bonds is 8. The van der Waals surface area contributed by atoms with Crippen LogP contribution in [-0.2, 0) is 26.3 Å². The Kier molecular flexibility index (Phi) is 6.41. The van der Waals surface area contributed by atoms with Gasteiger partial charge in [-0.1, -0.05) is 56.9 Å². The van der Waals surface area contributed by atoms with Gasteiger partial charge < -0.3 is 9.84 Å². The van der Waals surface area contributed by atoms with Gasteiger partial charge in [-0.05, 0) is 36.3 Å². The van der Waals surface area contributed by atoms with Gasteiger partial charge in [-0.15, -0.1) is 0 Å². The molecule has 0 spiro atoms. The standard InChI is InChI=1S/C20H28O4/c1-3-4-13-20(19(22)23,17-7-5-6-8-17)18-11-9-16(10-12-18)14-24-15(2)21/h9-12,17H,3-8,13-14H2,1-2H3,(H,22,23). The summed E-state index contributed by atoms with van der Waals surface area (Å²) in [7, 11) is 0. The zero-order valence-electron chi connectivity index (χ0n) is 14.7. The van der Waals surface area contributed by atoms with Crippen LogP contribution in [0.15, 0.2) is 24.3 Å². The molecule has 132 valence electrons. The van der Waals surface area contributed by atoms with Crippen LogP contribution in [-0.4, -0.2) is 17.0 Å². The molecule has 1 fully saturated rings. The lowest BCUT2D eigenvalue weighted by molar-refractivity contribution is -0.147. The first-order valence-electron chi connectivity index (χ1n) is 8.97. The molecule has 1 aromatic carbocycles. The van der Waals surface area contributed by atoms with Crippen molar-refractivity contribution in [1.29, 1.82) is 0 Å². The number of carbonyl (C=O) groups excluding carboxylic acids is 1. The highest BCUT2D eigenvalue weighted by atomic mass is 16.5. The molecule has 1 aromatic rings. The van der Waals surface area contributed by atoms with Gasteiger partial charge >= 0.3 is 11.9 Å². The minimum atomic E-state index is -0.785. The predicted molar refractivity (Wildman–Crippen MR) is 92.7 cm³/mol. The van der Waals surface area contributed by atoms with Crippen LogP contribution in [0.25, 0.3) is 0 Å². The number of unbranched alkanes of at least 4 members (excludes halogenated alkanes) is 1. The van der Waals surface area contributed by atoms with Crippen LogP contribution in [0.3, 0.4) is 0 Å². The van der Waals surface area contributed by atoms with Crippen LogP contribution in [0.2, 0.25) is 0 Å². The molecule has 1 N–H and O–H groups in total. The zero-order chi connectivity index (χ0) is 17.6. The summed E-state index contributed by atoms with van der Waals surface area (Å²) in [5.74, 6) is -0.802. The van der Waals surface area contributed by atoms with E-state index in [4.69, 9.17) is 4.74 Å². The van der Waals surface area contributed by atoms with E-state index < -0.39 is 11.4 Å². The highest BCUT2D eigenvalue weighted by molar-refractivity contribution is 5.82. The Morgan fingerprint density at radius 2 is 1.83 bits per heavy atom. The van der Waals surface area contributed by atoms with Crippen LogP contribution in [0.5, 0.6) is 0 Å². The van der Waals surface area contributed by atoms with Crippen molar-refractivity contribution in [3.8, 4) is 0 Å². The van der Waals surface area contributed by atoms with Gasteiger partial charge in [0.05, 0.1) is 5.41 Å². The fraction of sp³-hybridized carbons (Fsp3) is 0.600. The van der Waals surface area contributed by atoms with Crippen molar-refractivity contribution in [2.24, 2.45) is 5.92 Å². The molecule has 0 amide bonds. The monoisotopic (exact) mass is 332 g/mol. The van der Waals surface area contributed by atoms with Gasteiger partial charge in [0.2, 0.25) is 0 Å². The normalized spacial score (nSPS) is 17.4. The van der Waals surface area contributed by atoms with Gasteiger partial charge in [0, 0.05) is 6.92 Å². The van der Waals surface area contributed by atoms with Gasteiger partial charge in [0.1, 0.15) is 6.61 Å². The molecule has 4 nitrogen and oxygen atoms in total. The second-order valence-electron chi connectivity index (χ2n) is 6.84. The quantitative estimate of drug-likeness (QED) is 0.714. The first-order valence-corrected chi connectivity index (χ1v) is 8.97. The molecule has 1 saturated carbocycles. The summed E-state index contributed by atoms with van der Waals surface area (Å²) in [6, 6.07) is 7.61. The van der Waals surface area contributed by atoms with Crippen molar-refractivity contribution < 1.29 is 19.4 Å². The van der Waals surface area contributed by atoms with Crippen molar-refractivity contribution in [3.05, 3.63) is 35.4 Å². The molecule has 1 aliphatic rings. The smallest absolute Gasteiger partial charge is 0.314 e. The van der Waals surface area contributed by atoms with E-state index in [0.717, 1.165) is 49.7 Å². The maximum absolute atomic E-state index is 12.3. The fourth-order valence-electron chi connectivity index (χ4n) is 3.95. The van der Waals surface area contributed by atoms with Crippen LogP contribution >= 0.6 is 0 Å². The lowest BCUT2D eigenvalue weighted by atomic mass is 9.66. The molecule has 0 bridgehead atoms. The fourth-order valence-corrected chi connectivity index (χ4v) is 3.95. The van der Waals surface area contributed by atoms with Crippen LogP contribution in [0.1, 0.15) is 69.9 Å². The van der Waals surface area contributed by atoms with Crippen molar-refractivity contribution in [2.75, 3.05) is 0 Å². The number of carbonyl (C=O) groups is 2. The third kappa shape index (κ3) is 3.97. The lowest BCUT2D eigenvalue weighted by Crippen LogP contribution is -2.42. The van der Waals surface area contributed by atoms with Crippen LogP contribution < -0.4 is 0 Å². The topological polar surface area (TPSA) is 63.6 Å². The molecular weight excluding hydrogens is 304 g/mol. The van der Waals surface area contributed by atoms with Crippen molar-refractivity contribution in [3.63, 3.8) is 0 Å². The Labute approximate surface area is 144 Å². The van der Waals surface area contributed by atoms with Gasteiger partial charge in [-0.3, -0.25) is 9.59 Å². The van der Waals surface area contributed by atoms with Crippen LogP contribution in [0.4, 0.5) is 0 Å². The Morgan fingerprint density at radius 3 is 2.33 bits per heavy atom. The zero-order valence-corrected chi connectivity index (χ0v) is 14.7. The molecule has 0 saturated heterocycles. The van der Waals surface area contributed by atoms with Gasteiger partial charge in [-0.25, -0.2) is 0 Å². The maximum Gasteiger partial charge on any atom is 0.314 e. The Balaban J connectivity index is 2.31. The Hall–Kier alpha value is -1.84. The van der Waals surface area contributed by atoms with Crippen LogP contribution in [0, 0.1) is 5.92 Å². The molecule has 0 aliphatic heterocycles. The van der Waals surface area contributed by atoms with E-state index >= 15 is 0 Å². The molecule has 0 aromatic heterocycles. The van der Waals surface area contributed by atoms with E-state index in [9.17, 15) is 14.7 Å². The van der Waals surface area contributed by atoms with E-state index in [1.165, 1.54) is 6.92 Å². The third-order valence-electron chi connectivity index (χ3n) is 5.27. The average Bonchev–Trinajstić information content (AvgIpc) is 3.09. The maximum atomic E-state index is 12.3. The number of ether oxygens (including phenoxy) is 1. The molecule has 24 heavy (non-hydrogen) atoms. The van der Waals surface area contributed by atoms with E-state index in [1.807, 2.05) is 24.3 Å². The number of esters is 1. The summed E-state index contributed by atoms with van der Waals surface area (Å²) in [5, 5.41) is 10.1. The van der Waals surface area contributed by atoms with E-state index in [2.05, 4.69) is 6.92 Å². The molecule has 1 atom stereocenters. The van der Waals surface area contributed by atoms with E-state index in [1.54, 1.807) is 0 Å². The van der Waals surface area contributed by atoms with E-state index in [-0.39, 0.29) is 18.5 Å². The Bertz CT molecular complexity index is 558. The number of hydrogen-bond acceptors (Lipinski definition) is 3. The lowest BCUT2D eigenvalue weighted by Gasteiger charge is -2.36. The number of hydrogen-bond donors (Lipinski definition) is 1. The van der Waals surface area contributed by atoms with Crippen molar-refractivity contribution in [2.45, 2.75) is 70.8 Å². The first-order chi connectivity index (χ1) is 11.5. The molecule has 4 heteroatoms.